The first-order chi connectivity index (χ1) is 2.93. The van der Waals surface area contributed by atoms with E-state index in [0.717, 1.165) is 13.0 Å². The van der Waals surface area contributed by atoms with Gasteiger partial charge in [-0.2, -0.15) is 6.54 Å². The molecule has 7 heavy (non-hydrogen) atoms. The monoisotopic (exact) mass is 270 g/mol. The van der Waals surface area contributed by atoms with Crippen LogP contribution in [-0.2, 0) is 21.1 Å². The zero-order chi connectivity index (χ0) is 4.41. The Morgan fingerprint density at radius 2 is 2.29 bits per heavy atom. The Morgan fingerprint density at radius 1 is 1.71 bits per heavy atom. The van der Waals surface area contributed by atoms with Gasteiger partial charge in [0.1, 0.15) is 0 Å². The summed E-state index contributed by atoms with van der Waals surface area (Å²) in [5.41, 5.74) is 0. The molecule has 0 aromatic heterocycles. The second-order valence-corrected chi connectivity index (χ2v) is 1.53. The van der Waals surface area contributed by atoms with E-state index in [-0.39, 0.29) is 27.7 Å². The number of nitrogens with zero attached hydrogens (tertiary/aromatic N) is 1. The fourth-order valence-electron chi connectivity index (χ4n) is 0.461. The summed E-state index contributed by atoms with van der Waals surface area (Å²) in [5.74, 6) is 0. The number of hydrogen-bond donors (Lipinski definition) is 1. The summed E-state index contributed by atoms with van der Waals surface area (Å²) in [6, 6.07) is 0.296. The van der Waals surface area contributed by atoms with Crippen LogP contribution in [0.2, 0.25) is 0 Å². The van der Waals surface area contributed by atoms with Gasteiger partial charge in [-0.05, 0) is 0 Å². The summed E-state index contributed by atoms with van der Waals surface area (Å²) in [5, 5.41) is 12.2. The van der Waals surface area contributed by atoms with Crippen molar-refractivity contribution in [2.24, 2.45) is 0 Å². The molecule has 1 rings (SSSR count). The summed E-state index contributed by atoms with van der Waals surface area (Å²) in [7, 11) is 0. The van der Waals surface area contributed by atoms with Crippen LogP contribution in [0.5, 0.6) is 0 Å². The van der Waals surface area contributed by atoms with E-state index in [1.165, 1.54) is 0 Å². The molecule has 0 aliphatic carbocycles. The molecule has 1 aliphatic heterocycles. The maximum absolute atomic E-state index is 8.29. The quantitative estimate of drug-likeness (QED) is 0.721. The van der Waals surface area contributed by atoms with Crippen molar-refractivity contribution in [1.82, 2.24) is 0 Å². The van der Waals surface area contributed by atoms with Gasteiger partial charge in [-0.1, -0.05) is 6.42 Å². The van der Waals surface area contributed by atoms with E-state index in [0.29, 0.717) is 6.04 Å². The van der Waals surface area contributed by atoms with Crippen LogP contribution < -0.4 is 0 Å². The van der Waals surface area contributed by atoms with E-state index in [1.54, 1.807) is 0 Å². The van der Waals surface area contributed by atoms with E-state index < -0.39 is 0 Å². The zero-order valence-electron chi connectivity index (χ0n) is 4.00. The van der Waals surface area contributed by atoms with E-state index >= 15 is 0 Å². The largest absolute Gasteiger partial charge is 0.658 e. The molecule has 1 heterocycles. The van der Waals surface area contributed by atoms with Crippen molar-refractivity contribution in [1.29, 1.82) is 0 Å². The molecule has 1 N–H and O–H groups in total. The Kier molecular flexibility index (Phi) is 3.90. The van der Waals surface area contributed by atoms with Crippen LogP contribution in [-0.4, -0.2) is 24.3 Å². The Bertz CT molecular complexity index is 44.2. The van der Waals surface area contributed by atoms with Crippen molar-refractivity contribution in [2.45, 2.75) is 12.5 Å². The maximum atomic E-state index is 8.29. The van der Waals surface area contributed by atoms with Crippen molar-refractivity contribution in [3.8, 4) is 0 Å². The van der Waals surface area contributed by atoms with Crippen molar-refractivity contribution in [3.05, 3.63) is 5.32 Å². The van der Waals surface area contributed by atoms with Crippen LogP contribution in [0, 0.1) is 0 Å². The summed E-state index contributed by atoms with van der Waals surface area (Å²) in [6.45, 7) is 1.21. The van der Waals surface area contributed by atoms with Gasteiger partial charge in [0.15, 0.2) is 0 Å². The summed E-state index contributed by atoms with van der Waals surface area (Å²) in [6.07, 6.45) is 1.09. The van der Waals surface area contributed by atoms with Gasteiger partial charge in [0.05, 0.1) is 0 Å². The molecule has 0 saturated carbocycles. The van der Waals surface area contributed by atoms with E-state index in [2.05, 4.69) is 5.32 Å². The van der Waals surface area contributed by atoms with Gasteiger partial charge in [-0.25, -0.2) is 0 Å². The van der Waals surface area contributed by atoms with Crippen LogP contribution in [0.3, 0.4) is 0 Å². The molecule has 1 fully saturated rings. The van der Waals surface area contributed by atoms with Gasteiger partial charge in [-0.3, -0.25) is 0 Å². The molecule has 42 valence electrons. The topological polar surface area (TPSA) is 34.3 Å². The standard InChI is InChI=1S/C4H8NO.W/c6-3-4-1-2-5-4;/h4,6H,1-3H2;/q-1;. The molecule has 3 heteroatoms. The Labute approximate surface area is 57.6 Å². The molecule has 2 nitrogen and oxygen atoms in total. The van der Waals surface area contributed by atoms with Crippen molar-refractivity contribution in [3.63, 3.8) is 0 Å². The molecule has 0 aromatic rings. The third kappa shape index (κ3) is 1.89. The van der Waals surface area contributed by atoms with Gasteiger partial charge in [0, 0.05) is 27.7 Å². The number of aliphatic hydroxyl groups excluding tert-OH is 1. The minimum absolute atomic E-state index is 0. The van der Waals surface area contributed by atoms with Gasteiger partial charge in [0.25, 0.3) is 0 Å². The molecule has 1 aliphatic rings. The predicted octanol–water partition coefficient (Wildman–Crippen LogP) is 0.122. The second-order valence-electron chi connectivity index (χ2n) is 1.53. The Morgan fingerprint density at radius 3 is 2.29 bits per heavy atom. The molecular formula is C4H8NOW-. The number of rotatable bonds is 1. The van der Waals surface area contributed by atoms with Crippen LogP contribution in [0.4, 0.5) is 0 Å². The van der Waals surface area contributed by atoms with Gasteiger partial charge in [-0.15, -0.1) is 6.04 Å². The Hall–Kier alpha value is 0.608. The SMILES string of the molecule is OCC1CC[N-]1.[W]. The fraction of sp³-hybridized carbons (Fsp3) is 1.00. The average Bonchev–Trinajstić information content (AvgIpc) is 1.31. The normalized spacial score (nSPS) is 27.9. The van der Waals surface area contributed by atoms with Crippen LogP contribution in [0.25, 0.3) is 5.32 Å². The fourth-order valence-corrected chi connectivity index (χ4v) is 0.461. The van der Waals surface area contributed by atoms with Gasteiger partial charge in [0.2, 0.25) is 0 Å². The van der Waals surface area contributed by atoms with Crippen LogP contribution >= 0.6 is 0 Å². The molecule has 0 spiro atoms. The average molecular weight is 270 g/mol. The zero-order valence-corrected chi connectivity index (χ0v) is 6.93. The van der Waals surface area contributed by atoms with E-state index in [4.69, 9.17) is 5.11 Å². The van der Waals surface area contributed by atoms with Gasteiger partial charge >= 0.3 is 0 Å². The Balaban J connectivity index is 0.000000360. The van der Waals surface area contributed by atoms with Gasteiger partial charge < -0.3 is 10.4 Å². The number of hydrogen-bond acceptors (Lipinski definition) is 1. The van der Waals surface area contributed by atoms with Crippen molar-refractivity contribution >= 4 is 0 Å². The molecule has 0 bridgehead atoms. The van der Waals surface area contributed by atoms with Crippen molar-refractivity contribution in [2.75, 3.05) is 13.2 Å². The van der Waals surface area contributed by atoms with Crippen LogP contribution in [0.15, 0.2) is 0 Å². The maximum Gasteiger partial charge on any atom is 0.0270 e. The minimum atomic E-state index is 0. The molecule has 0 amide bonds. The molecule has 1 unspecified atom stereocenters. The van der Waals surface area contributed by atoms with E-state index in [1.807, 2.05) is 0 Å². The molecular weight excluding hydrogens is 262 g/mol. The molecule has 0 radical (unpaired) electrons. The third-order valence-corrected chi connectivity index (χ3v) is 1.06. The first-order valence-electron chi connectivity index (χ1n) is 2.21. The number of aliphatic hydroxyl groups is 1. The summed E-state index contributed by atoms with van der Waals surface area (Å²) >= 11 is 0. The summed E-state index contributed by atoms with van der Waals surface area (Å²) in [4.78, 5) is 0. The second kappa shape index (κ2) is 3.59. The first-order valence-corrected chi connectivity index (χ1v) is 2.21. The molecule has 1 saturated heterocycles. The smallest absolute Gasteiger partial charge is 0.0270 e. The van der Waals surface area contributed by atoms with Crippen molar-refractivity contribution < 1.29 is 26.2 Å². The van der Waals surface area contributed by atoms with E-state index in [9.17, 15) is 0 Å². The molecule has 1 atom stereocenters. The third-order valence-electron chi connectivity index (χ3n) is 1.06. The summed E-state index contributed by atoms with van der Waals surface area (Å²) < 4.78 is 0. The van der Waals surface area contributed by atoms with Crippen LogP contribution in [0.1, 0.15) is 6.42 Å². The predicted molar refractivity (Wildman–Crippen MR) is 23.7 cm³/mol. The molecule has 0 aromatic carbocycles. The first kappa shape index (κ1) is 7.61. The minimum Gasteiger partial charge on any atom is -0.658 e.